The van der Waals surface area contributed by atoms with Gasteiger partial charge in [0.1, 0.15) is 0 Å². The highest BCUT2D eigenvalue weighted by atomic mass is 32.1. The monoisotopic (exact) mass is 343 g/mol. The van der Waals surface area contributed by atoms with Gasteiger partial charge >= 0.3 is 5.97 Å². The maximum absolute atomic E-state index is 13.1. The molecule has 2 aromatic rings. The number of nitrogens with zero attached hydrogens (tertiary/aromatic N) is 1. The van der Waals surface area contributed by atoms with Crippen LogP contribution < -0.4 is 0 Å². The smallest absolute Gasteiger partial charge is 0.308 e. The largest absolute Gasteiger partial charge is 0.481 e. The summed E-state index contributed by atoms with van der Waals surface area (Å²) in [5.41, 5.74) is 0.345. The van der Waals surface area contributed by atoms with Crippen LogP contribution in [0.4, 0.5) is 0 Å². The second kappa shape index (κ2) is 6.40. The van der Waals surface area contributed by atoms with Gasteiger partial charge in [0.15, 0.2) is 0 Å². The lowest BCUT2D eigenvalue weighted by Crippen LogP contribution is -2.42. The molecular weight excluding hydrogens is 322 g/mol. The molecule has 0 aliphatic carbocycles. The van der Waals surface area contributed by atoms with Crippen molar-refractivity contribution >= 4 is 23.2 Å². The van der Waals surface area contributed by atoms with Crippen molar-refractivity contribution in [1.29, 1.82) is 0 Å². The lowest BCUT2D eigenvalue weighted by molar-refractivity contribution is -0.142. The molecule has 2 unspecified atom stereocenters. The van der Waals surface area contributed by atoms with Gasteiger partial charge in [0.05, 0.1) is 11.3 Å². The van der Waals surface area contributed by atoms with Gasteiger partial charge in [-0.3, -0.25) is 9.59 Å². The van der Waals surface area contributed by atoms with Crippen LogP contribution in [0.1, 0.15) is 30.2 Å². The number of carboxylic acid groups (broad SMARTS) is 1. The molecule has 0 bridgehead atoms. The molecule has 1 amide bonds. The van der Waals surface area contributed by atoms with E-state index in [9.17, 15) is 14.7 Å². The molecule has 1 aliphatic heterocycles. The average Bonchev–Trinajstić information content (AvgIpc) is 3.25. The van der Waals surface area contributed by atoms with Crippen molar-refractivity contribution in [1.82, 2.24) is 4.90 Å². The first-order valence-corrected chi connectivity index (χ1v) is 8.90. The molecule has 1 fully saturated rings. The normalized spacial score (nSPS) is 21.0. The number of carboxylic acids is 1. The van der Waals surface area contributed by atoms with Crippen LogP contribution in [0, 0.1) is 5.92 Å². The molecule has 1 aromatic carbocycles. The van der Waals surface area contributed by atoms with Gasteiger partial charge in [0.2, 0.25) is 5.91 Å². The third-order valence-corrected chi connectivity index (χ3v) is 6.02. The van der Waals surface area contributed by atoms with Gasteiger partial charge in [0.25, 0.3) is 0 Å². The van der Waals surface area contributed by atoms with E-state index in [1.165, 1.54) is 0 Å². The first-order chi connectivity index (χ1) is 11.4. The Hall–Kier alpha value is -2.14. The van der Waals surface area contributed by atoms with Gasteiger partial charge in [-0.05, 0) is 30.9 Å². The molecule has 24 heavy (non-hydrogen) atoms. The molecule has 3 rings (SSSR count). The first-order valence-electron chi connectivity index (χ1n) is 8.02. The number of thiophene rings is 1. The summed E-state index contributed by atoms with van der Waals surface area (Å²) in [7, 11) is 0. The van der Waals surface area contributed by atoms with Crippen molar-refractivity contribution in [2.75, 3.05) is 13.1 Å². The molecule has 0 radical (unpaired) electrons. The quantitative estimate of drug-likeness (QED) is 0.926. The first kappa shape index (κ1) is 16.7. The van der Waals surface area contributed by atoms with Crippen molar-refractivity contribution in [2.24, 2.45) is 5.92 Å². The van der Waals surface area contributed by atoms with Crippen molar-refractivity contribution in [3.05, 3.63) is 58.3 Å². The predicted octanol–water partition coefficient (Wildman–Crippen LogP) is 3.35. The fraction of sp³-hybridized carbons (Fsp3) is 0.368. The van der Waals surface area contributed by atoms with Crippen LogP contribution in [0.15, 0.2) is 47.8 Å². The Morgan fingerprint density at radius 3 is 2.42 bits per heavy atom. The van der Waals surface area contributed by atoms with Crippen molar-refractivity contribution in [3.63, 3.8) is 0 Å². The zero-order valence-corrected chi connectivity index (χ0v) is 14.6. The summed E-state index contributed by atoms with van der Waals surface area (Å²) < 4.78 is 0. The average molecular weight is 343 g/mol. The van der Waals surface area contributed by atoms with Gasteiger partial charge in [-0.2, -0.15) is 0 Å². The molecule has 1 N–H and O–H groups in total. The fourth-order valence-corrected chi connectivity index (χ4v) is 4.24. The summed E-state index contributed by atoms with van der Waals surface area (Å²) in [6.07, 6.45) is 0. The SMILES string of the molecule is CC(C)(C(=O)N1CC(C(=O)O)C(c2ccccc2)C1)c1cccs1. The van der Waals surface area contributed by atoms with E-state index >= 15 is 0 Å². The number of aliphatic carboxylic acids is 1. The summed E-state index contributed by atoms with van der Waals surface area (Å²) in [6, 6.07) is 13.5. The van der Waals surface area contributed by atoms with E-state index in [0.29, 0.717) is 6.54 Å². The number of benzene rings is 1. The summed E-state index contributed by atoms with van der Waals surface area (Å²) in [5, 5.41) is 11.6. The molecule has 2 atom stereocenters. The number of carbonyl (C=O) groups excluding carboxylic acids is 1. The highest BCUT2D eigenvalue weighted by molar-refractivity contribution is 7.10. The Balaban J connectivity index is 1.85. The third kappa shape index (κ3) is 2.96. The second-order valence-electron chi connectivity index (χ2n) is 6.77. The van der Waals surface area contributed by atoms with Crippen LogP contribution in [-0.4, -0.2) is 35.0 Å². The minimum atomic E-state index is -0.840. The number of likely N-dealkylation sites (tertiary alicyclic amines) is 1. The van der Waals surface area contributed by atoms with Crippen LogP contribution in [0.2, 0.25) is 0 Å². The highest BCUT2D eigenvalue weighted by Gasteiger charge is 2.44. The number of carbonyl (C=O) groups is 2. The van der Waals surface area contributed by atoms with E-state index in [4.69, 9.17) is 0 Å². The van der Waals surface area contributed by atoms with E-state index in [1.807, 2.05) is 61.7 Å². The Labute approximate surface area is 145 Å². The van der Waals surface area contributed by atoms with Crippen molar-refractivity contribution < 1.29 is 14.7 Å². The lowest BCUT2D eigenvalue weighted by Gasteiger charge is -2.28. The predicted molar refractivity (Wildman–Crippen MR) is 94.2 cm³/mol. The number of hydrogen-bond donors (Lipinski definition) is 1. The molecule has 5 heteroatoms. The molecule has 1 aromatic heterocycles. The molecule has 2 heterocycles. The Morgan fingerprint density at radius 1 is 1.12 bits per heavy atom. The van der Waals surface area contributed by atoms with E-state index in [1.54, 1.807) is 16.2 Å². The third-order valence-electron chi connectivity index (χ3n) is 4.82. The van der Waals surface area contributed by atoms with E-state index < -0.39 is 17.3 Å². The van der Waals surface area contributed by atoms with Crippen molar-refractivity contribution in [3.8, 4) is 0 Å². The topological polar surface area (TPSA) is 57.6 Å². The van der Waals surface area contributed by atoms with Crippen LogP contribution in [-0.2, 0) is 15.0 Å². The van der Waals surface area contributed by atoms with E-state index in [0.717, 1.165) is 10.4 Å². The minimum absolute atomic E-state index is 0.00497. The van der Waals surface area contributed by atoms with Crippen LogP contribution in [0.3, 0.4) is 0 Å². The summed E-state index contributed by atoms with van der Waals surface area (Å²) in [5.74, 6) is -1.56. The van der Waals surface area contributed by atoms with E-state index in [-0.39, 0.29) is 18.4 Å². The van der Waals surface area contributed by atoms with Crippen LogP contribution in [0.25, 0.3) is 0 Å². The van der Waals surface area contributed by atoms with Gasteiger partial charge in [-0.25, -0.2) is 0 Å². The van der Waals surface area contributed by atoms with Crippen LogP contribution >= 0.6 is 11.3 Å². The van der Waals surface area contributed by atoms with Gasteiger partial charge in [-0.15, -0.1) is 11.3 Å². The number of rotatable bonds is 4. The molecule has 0 saturated carbocycles. The lowest BCUT2D eigenvalue weighted by atomic mass is 9.89. The summed E-state index contributed by atoms with van der Waals surface area (Å²) in [6.45, 7) is 4.54. The zero-order chi connectivity index (χ0) is 17.3. The molecule has 1 aliphatic rings. The maximum atomic E-state index is 13.1. The van der Waals surface area contributed by atoms with Crippen molar-refractivity contribution in [2.45, 2.75) is 25.2 Å². The van der Waals surface area contributed by atoms with Gasteiger partial charge < -0.3 is 10.0 Å². The molecule has 1 saturated heterocycles. The van der Waals surface area contributed by atoms with Crippen LogP contribution in [0.5, 0.6) is 0 Å². The van der Waals surface area contributed by atoms with Gasteiger partial charge in [0, 0.05) is 23.9 Å². The standard InChI is InChI=1S/C19H21NO3S/c1-19(2,16-9-6-10-24-16)18(23)20-11-14(15(12-20)17(21)22)13-7-4-3-5-8-13/h3-10,14-15H,11-12H2,1-2H3,(H,21,22). The van der Waals surface area contributed by atoms with E-state index in [2.05, 4.69) is 0 Å². The molecule has 4 nitrogen and oxygen atoms in total. The van der Waals surface area contributed by atoms with Gasteiger partial charge in [-0.1, -0.05) is 36.4 Å². The molecular formula is C19H21NO3S. The summed E-state index contributed by atoms with van der Waals surface area (Å²) >= 11 is 1.56. The zero-order valence-electron chi connectivity index (χ0n) is 13.8. The number of amides is 1. The minimum Gasteiger partial charge on any atom is -0.481 e. The Morgan fingerprint density at radius 2 is 1.83 bits per heavy atom. The molecule has 126 valence electrons. The number of hydrogen-bond acceptors (Lipinski definition) is 3. The molecule has 0 spiro atoms. The maximum Gasteiger partial charge on any atom is 0.308 e. The highest BCUT2D eigenvalue weighted by Crippen LogP contribution is 2.37. The fourth-order valence-electron chi connectivity index (χ4n) is 3.39. The second-order valence-corrected chi connectivity index (χ2v) is 7.72. The summed E-state index contributed by atoms with van der Waals surface area (Å²) in [4.78, 5) is 27.5. The Kier molecular flexibility index (Phi) is 4.45. The Bertz CT molecular complexity index is 724.